The second-order valence-corrected chi connectivity index (χ2v) is 6.42. The summed E-state index contributed by atoms with van der Waals surface area (Å²) in [7, 11) is 2.11. The van der Waals surface area contributed by atoms with Crippen LogP contribution in [0.5, 0.6) is 0 Å². The highest BCUT2D eigenvalue weighted by atomic mass is 31.2. The van der Waals surface area contributed by atoms with Crippen molar-refractivity contribution in [3.05, 3.63) is 0 Å². The highest BCUT2D eigenvalue weighted by Crippen LogP contribution is 2.41. The molecule has 1 aliphatic carbocycles. The standard InChI is InChI=1S/C12H21O5P/c1-14-18(15-2)9-11(13)10-3-5-12(6-4-10)16-7-8-17-12/h10H,3-9H2,1-2H3. The van der Waals surface area contributed by atoms with Crippen LogP contribution in [0.3, 0.4) is 0 Å². The van der Waals surface area contributed by atoms with Crippen molar-refractivity contribution < 1.29 is 23.3 Å². The molecule has 0 aromatic carbocycles. The Labute approximate surface area is 109 Å². The molecule has 0 bridgehead atoms. The Morgan fingerprint density at radius 1 is 1.22 bits per heavy atom. The van der Waals surface area contributed by atoms with Crippen molar-refractivity contribution in [2.24, 2.45) is 5.92 Å². The summed E-state index contributed by atoms with van der Waals surface area (Å²) in [6.07, 6.45) is 3.72. The van der Waals surface area contributed by atoms with E-state index in [0.717, 1.165) is 25.7 Å². The van der Waals surface area contributed by atoms with Crippen LogP contribution < -0.4 is 0 Å². The van der Waals surface area contributed by atoms with E-state index in [-0.39, 0.29) is 17.5 Å². The van der Waals surface area contributed by atoms with Crippen molar-refractivity contribution in [1.29, 1.82) is 0 Å². The first-order chi connectivity index (χ1) is 8.69. The van der Waals surface area contributed by atoms with Gasteiger partial charge in [0.15, 0.2) is 14.2 Å². The molecule has 1 aliphatic heterocycles. The second kappa shape index (κ2) is 6.40. The van der Waals surface area contributed by atoms with Crippen LogP contribution in [-0.4, -0.2) is 45.2 Å². The van der Waals surface area contributed by atoms with Crippen LogP contribution in [0.25, 0.3) is 0 Å². The fourth-order valence-electron chi connectivity index (χ4n) is 2.63. The minimum Gasteiger partial charge on any atom is -0.348 e. The molecule has 2 rings (SSSR count). The number of ketones is 1. The lowest BCUT2D eigenvalue weighted by Crippen LogP contribution is -2.37. The van der Waals surface area contributed by atoms with Crippen LogP contribution in [0.2, 0.25) is 0 Å². The molecule has 6 heteroatoms. The van der Waals surface area contributed by atoms with Crippen LogP contribution >= 0.6 is 8.38 Å². The molecule has 0 N–H and O–H groups in total. The van der Waals surface area contributed by atoms with E-state index in [9.17, 15) is 4.79 Å². The molecule has 0 atom stereocenters. The molecular formula is C12H21O5P. The SMILES string of the molecule is COP(CC(=O)C1CCC2(CC1)OCCO2)OC. The first-order valence-corrected chi connectivity index (χ1v) is 7.72. The highest BCUT2D eigenvalue weighted by Gasteiger charge is 2.41. The average molecular weight is 276 g/mol. The lowest BCUT2D eigenvalue weighted by molar-refractivity contribution is -0.183. The maximum atomic E-state index is 12.1. The van der Waals surface area contributed by atoms with E-state index in [0.29, 0.717) is 19.4 Å². The normalized spacial score (nSPS) is 23.9. The van der Waals surface area contributed by atoms with Crippen LogP contribution in [0.15, 0.2) is 0 Å². The second-order valence-electron chi connectivity index (χ2n) is 4.70. The van der Waals surface area contributed by atoms with Gasteiger partial charge in [0.25, 0.3) is 0 Å². The van der Waals surface area contributed by atoms with Gasteiger partial charge >= 0.3 is 0 Å². The van der Waals surface area contributed by atoms with Crippen molar-refractivity contribution in [1.82, 2.24) is 0 Å². The van der Waals surface area contributed by atoms with Crippen LogP contribution in [0, 0.1) is 5.92 Å². The number of rotatable bonds is 5. The zero-order chi connectivity index (χ0) is 13.0. The van der Waals surface area contributed by atoms with Gasteiger partial charge in [0, 0.05) is 33.0 Å². The summed E-state index contributed by atoms with van der Waals surface area (Å²) in [6.45, 7) is 1.36. The van der Waals surface area contributed by atoms with Crippen LogP contribution in [0.4, 0.5) is 0 Å². The van der Waals surface area contributed by atoms with Gasteiger partial charge in [-0.05, 0) is 12.8 Å². The maximum Gasteiger partial charge on any atom is 0.177 e. The molecule has 104 valence electrons. The van der Waals surface area contributed by atoms with Crippen LogP contribution in [0.1, 0.15) is 25.7 Å². The summed E-state index contributed by atoms with van der Waals surface area (Å²) in [6, 6.07) is 0. The Balaban J connectivity index is 1.80. The molecule has 18 heavy (non-hydrogen) atoms. The Bertz CT molecular complexity index is 276. The monoisotopic (exact) mass is 276 g/mol. The minimum atomic E-state index is -1.05. The average Bonchev–Trinajstić information content (AvgIpc) is 2.85. The molecule has 1 saturated carbocycles. The third-order valence-electron chi connectivity index (χ3n) is 3.71. The number of ether oxygens (including phenoxy) is 2. The molecule has 1 saturated heterocycles. The van der Waals surface area contributed by atoms with E-state index in [4.69, 9.17) is 18.5 Å². The molecule has 2 aliphatic rings. The predicted molar refractivity (Wildman–Crippen MR) is 67.4 cm³/mol. The first-order valence-electron chi connectivity index (χ1n) is 6.35. The summed E-state index contributed by atoms with van der Waals surface area (Å²) in [4.78, 5) is 12.1. The molecule has 2 fully saturated rings. The van der Waals surface area contributed by atoms with Gasteiger partial charge in [-0.2, -0.15) is 0 Å². The fourth-order valence-corrected chi connectivity index (χ4v) is 3.55. The van der Waals surface area contributed by atoms with E-state index >= 15 is 0 Å². The van der Waals surface area contributed by atoms with E-state index < -0.39 is 8.38 Å². The lowest BCUT2D eigenvalue weighted by Gasteiger charge is -2.34. The van der Waals surface area contributed by atoms with Gasteiger partial charge in [-0.1, -0.05) is 0 Å². The van der Waals surface area contributed by atoms with Gasteiger partial charge in [0.2, 0.25) is 0 Å². The minimum absolute atomic E-state index is 0.110. The summed E-state index contributed by atoms with van der Waals surface area (Å²) >= 11 is 0. The van der Waals surface area contributed by atoms with E-state index in [1.165, 1.54) is 0 Å². The fraction of sp³-hybridized carbons (Fsp3) is 0.917. The van der Waals surface area contributed by atoms with Crippen molar-refractivity contribution in [2.45, 2.75) is 31.5 Å². The first kappa shape index (κ1) is 14.4. The zero-order valence-electron chi connectivity index (χ0n) is 11.0. The van der Waals surface area contributed by atoms with Crippen molar-refractivity contribution in [3.8, 4) is 0 Å². The topological polar surface area (TPSA) is 54.0 Å². The van der Waals surface area contributed by atoms with Gasteiger partial charge in [0.05, 0.1) is 19.4 Å². The Morgan fingerprint density at radius 2 is 1.78 bits per heavy atom. The Morgan fingerprint density at radius 3 is 2.28 bits per heavy atom. The number of hydrogen-bond donors (Lipinski definition) is 0. The molecule has 0 unspecified atom stereocenters. The quantitative estimate of drug-likeness (QED) is 0.720. The van der Waals surface area contributed by atoms with Gasteiger partial charge in [-0.15, -0.1) is 0 Å². The smallest absolute Gasteiger partial charge is 0.177 e. The number of carbonyl (C=O) groups excluding carboxylic acids is 1. The molecule has 5 nitrogen and oxygen atoms in total. The third kappa shape index (κ3) is 3.28. The zero-order valence-corrected chi connectivity index (χ0v) is 11.9. The number of Topliss-reactive ketones (excluding diaryl/α,β-unsaturated/α-hetero) is 1. The molecule has 0 radical (unpaired) electrons. The Kier molecular flexibility index (Phi) is 5.10. The van der Waals surface area contributed by atoms with Crippen molar-refractivity contribution in [3.63, 3.8) is 0 Å². The largest absolute Gasteiger partial charge is 0.348 e. The summed E-state index contributed by atoms with van der Waals surface area (Å²) in [5.41, 5.74) is 0. The molecule has 0 aromatic rings. The predicted octanol–water partition coefficient (Wildman–Crippen LogP) is 2.09. The van der Waals surface area contributed by atoms with Gasteiger partial charge in [-0.25, -0.2) is 0 Å². The van der Waals surface area contributed by atoms with E-state index in [2.05, 4.69) is 0 Å². The third-order valence-corrected chi connectivity index (χ3v) is 5.09. The maximum absolute atomic E-state index is 12.1. The van der Waals surface area contributed by atoms with Crippen molar-refractivity contribution in [2.75, 3.05) is 33.6 Å². The molecule has 0 aromatic heterocycles. The van der Waals surface area contributed by atoms with E-state index in [1.807, 2.05) is 0 Å². The summed E-state index contributed by atoms with van der Waals surface area (Å²) < 4.78 is 21.6. The molecule has 1 heterocycles. The summed E-state index contributed by atoms with van der Waals surface area (Å²) in [5.74, 6) is -0.0271. The number of hydrogen-bond acceptors (Lipinski definition) is 5. The lowest BCUT2D eigenvalue weighted by atomic mass is 9.83. The molecule has 0 amide bonds. The highest BCUT2D eigenvalue weighted by molar-refractivity contribution is 7.48. The molecule has 1 spiro atoms. The number of carbonyl (C=O) groups is 1. The van der Waals surface area contributed by atoms with E-state index in [1.54, 1.807) is 14.2 Å². The van der Waals surface area contributed by atoms with Gasteiger partial charge in [0.1, 0.15) is 5.78 Å². The van der Waals surface area contributed by atoms with Crippen molar-refractivity contribution >= 4 is 14.2 Å². The summed E-state index contributed by atoms with van der Waals surface area (Å²) in [5, 5.41) is 0. The molecular weight excluding hydrogens is 255 g/mol. The van der Waals surface area contributed by atoms with Gasteiger partial charge < -0.3 is 18.5 Å². The van der Waals surface area contributed by atoms with Gasteiger partial charge in [-0.3, -0.25) is 4.79 Å². The Hall–Kier alpha value is -0.0600. The van der Waals surface area contributed by atoms with Crippen LogP contribution in [-0.2, 0) is 23.3 Å².